The summed E-state index contributed by atoms with van der Waals surface area (Å²) in [6, 6.07) is 5.63. The normalized spacial score (nSPS) is 21.0. The molecule has 5 nitrogen and oxygen atoms in total. The summed E-state index contributed by atoms with van der Waals surface area (Å²) in [5.74, 6) is 0.286. The second-order valence-corrected chi connectivity index (χ2v) is 5.83. The van der Waals surface area contributed by atoms with Gasteiger partial charge in [-0.2, -0.15) is 0 Å². The van der Waals surface area contributed by atoms with Crippen LogP contribution in [0.15, 0.2) is 24.4 Å². The molecule has 106 valence electrons. The van der Waals surface area contributed by atoms with Crippen molar-refractivity contribution >= 4 is 11.8 Å². The van der Waals surface area contributed by atoms with Crippen LogP contribution in [0.25, 0.3) is 0 Å². The lowest BCUT2D eigenvalue weighted by Gasteiger charge is -2.38. The highest BCUT2D eigenvalue weighted by molar-refractivity contribution is 5.80. The highest BCUT2D eigenvalue weighted by Gasteiger charge is 2.41. The number of piperidine rings is 1. The van der Waals surface area contributed by atoms with Crippen LogP contribution in [0.5, 0.6) is 0 Å². The molecule has 0 aromatic carbocycles. The summed E-state index contributed by atoms with van der Waals surface area (Å²) < 4.78 is 0. The number of rotatable bonds is 2. The van der Waals surface area contributed by atoms with Gasteiger partial charge in [-0.15, -0.1) is 0 Å². The Bertz CT molecular complexity index is 507. The van der Waals surface area contributed by atoms with E-state index in [4.69, 9.17) is 0 Å². The molecule has 1 spiro atoms. The van der Waals surface area contributed by atoms with Crippen molar-refractivity contribution in [2.45, 2.75) is 25.7 Å². The number of carbonyl (C=O) groups excluding carboxylic acids is 2. The van der Waals surface area contributed by atoms with Gasteiger partial charge >= 0.3 is 0 Å². The first kappa shape index (κ1) is 13.1. The molecule has 2 aliphatic heterocycles. The van der Waals surface area contributed by atoms with Crippen molar-refractivity contribution in [2.75, 3.05) is 19.6 Å². The Balaban J connectivity index is 1.55. The van der Waals surface area contributed by atoms with Crippen molar-refractivity contribution in [1.82, 2.24) is 15.2 Å². The van der Waals surface area contributed by atoms with E-state index in [0.717, 1.165) is 38.2 Å². The molecule has 0 saturated carbocycles. The van der Waals surface area contributed by atoms with E-state index in [9.17, 15) is 9.59 Å². The third kappa shape index (κ3) is 2.66. The Morgan fingerprint density at radius 1 is 1.35 bits per heavy atom. The van der Waals surface area contributed by atoms with Gasteiger partial charge in [-0.3, -0.25) is 14.6 Å². The van der Waals surface area contributed by atoms with Crippen molar-refractivity contribution in [3.8, 4) is 0 Å². The molecule has 5 heteroatoms. The van der Waals surface area contributed by atoms with Gasteiger partial charge < -0.3 is 10.2 Å². The molecule has 2 saturated heterocycles. The molecule has 0 radical (unpaired) electrons. The standard InChI is InChI=1S/C15H19N3O2/c19-13-10-15(11-17-13)4-7-18(8-5-15)14(20)9-12-3-1-2-6-16-12/h1-3,6H,4-5,7-11H2,(H,17,19). The number of likely N-dealkylation sites (tertiary alicyclic amines) is 1. The molecule has 0 aliphatic carbocycles. The zero-order valence-corrected chi connectivity index (χ0v) is 11.5. The predicted octanol–water partition coefficient (Wildman–Crippen LogP) is 0.753. The molecule has 0 bridgehead atoms. The van der Waals surface area contributed by atoms with Gasteiger partial charge in [0, 0.05) is 37.9 Å². The zero-order valence-electron chi connectivity index (χ0n) is 11.5. The van der Waals surface area contributed by atoms with Crippen LogP contribution in [0.4, 0.5) is 0 Å². The van der Waals surface area contributed by atoms with Gasteiger partial charge in [-0.05, 0) is 30.4 Å². The average molecular weight is 273 g/mol. The summed E-state index contributed by atoms with van der Waals surface area (Å²) in [5, 5.41) is 2.91. The van der Waals surface area contributed by atoms with Crippen LogP contribution < -0.4 is 5.32 Å². The van der Waals surface area contributed by atoms with Crippen molar-refractivity contribution < 1.29 is 9.59 Å². The summed E-state index contributed by atoms with van der Waals surface area (Å²) in [6.45, 7) is 2.27. The average Bonchev–Trinajstić information content (AvgIpc) is 2.81. The van der Waals surface area contributed by atoms with E-state index in [2.05, 4.69) is 10.3 Å². The summed E-state index contributed by atoms with van der Waals surface area (Å²) >= 11 is 0. The maximum absolute atomic E-state index is 12.2. The summed E-state index contributed by atoms with van der Waals surface area (Å²) in [6.07, 6.45) is 4.53. The van der Waals surface area contributed by atoms with Gasteiger partial charge in [0.25, 0.3) is 0 Å². The van der Waals surface area contributed by atoms with Gasteiger partial charge in [0.1, 0.15) is 0 Å². The van der Waals surface area contributed by atoms with Crippen molar-refractivity contribution in [3.05, 3.63) is 30.1 Å². The van der Waals surface area contributed by atoms with E-state index >= 15 is 0 Å². The topological polar surface area (TPSA) is 62.3 Å². The Kier molecular flexibility index (Phi) is 3.42. The Morgan fingerprint density at radius 2 is 2.15 bits per heavy atom. The first-order valence-electron chi connectivity index (χ1n) is 7.11. The first-order chi connectivity index (χ1) is 9.67. The molecule has 1 N–H and O–H groups in total. The number of carbonyl (C=O) groups is 2. The van der Waals surface area contributed by atoms with Gasteiger partial charge in [-0.1, -0.05) is 6.07 Å². The first-order valence-corrected chi connectivity index (χ1v) is 7.11. The Morgan fingerprint density at radius 3 is 2.75 bits per heavy atom. The van der Waals surface area contributed by atoms with Crippen molar-refractivity contribution in [3.63, 3.8) is 0 Å². The van der Waals surface area contributed by atoms with Gasteiger partial charge in [-0.25, -0.2) is 0 Å². The molecule has 2 aliphatic rings. The molecule has 2 fully saturated rings. The maximum atomic E-state index is 12.2. The van der Waals surface area contributed by atoms with Crippen LogP contribution in [0.1, 0.15) is 25.0 Å². The summed E-state index contributed by atoms with van der Waals surface area (Å²) in [7, 11) is 0. The van der Waals surface area contributed by atoms with Crippen LogP contribution in [-0.4, -0.2) is 41.3 Å². The fraction of sp³-hybridized carbons (Fsp3) is 0.533. The number of nitrogens with zero attached hydrogens (tertiary/aromatic N) is 2. The van der Waals surface area contributed by atoms with Crippen LogP contribution in [-0.2, 0) is 16.0 Å². The Labute approximate surface area is 118 Å². The molecule has 3 heterocycles. The molecule has 3 rings (SSSR count). The van der Waals surface area contributed by atoms with Crippen LogP contribution >= 0.6 is 0 Å². The van der Waals surface area contributed by atoms with E-state index in [1.165, 1.54) is 0 Å². The fourth-order valence-corrected chi connectivity index (χ4v) is 3.11. The SMILES string of the molecule is O=C1CC2(CCN(C(=O)Cc3ccccn3)CC2)CN1. The van der Waals surface area contributed by atoms with Crippen LogP contribution in [0.2, 0.25) is 0 Å². The molecular formula is C15H19N3O2. The maximum Gasteiger partial charge on any atom is 0.228 e. The lowest BCUT2D eigenvalue weighted by molar-refractivity contribution is -0.132. The van der Waals surface area contributed by atoms with E-state index in [1.807, 2.05) is 23.1 Å². The third-order valence-electron chi connectivity index (χ3n) is 4.43. The number of nitrogens with one attached hydrogen (secondary N) is 1. The van der Waals surface area contributed by atoms with Crippen LogP contribution in [0.3, 0.4) is 0 Å². The van der Waals surface area contributed by atoms with Gasteiger partial charge in [0.05, 0.1) is 6.42 Å². The van der Waals surface area contributed by atoms with Crippen molar-refractivity contribution in [1.29, 1.82) is 0 Å². The van der Waals surface area contributed by atoms with E-state index < -0.39 is 0 Å². The highest BCUT2D eigenvalue weighted by atomic mass is 16.2. The molecule has 20 heavy (non-hydrogen) atoms. The highest BCUT2D eigenvalue weighted by Crippen LogP contribution is 2.37. The number of pyridine rings is 1. The molecule has 2 amide bonds. The monoisotopic (exact) mass is 273 g/mol. The fourth-order valence-electron chi connectivity index (χ4n) is 3.11. The van der Waals surface area contributed by atoms with Crippen molar-refractivity contribution in [2.24, 2.45) is 5.41 Å². The van der Waals surface area contributed by atoms with Gasteiger partial charge in [0.15, 0.2) is 0 Å². The Hall–Kier alpha value is -1.91. The van der Waals surface area contributed by atoms with E-state index in [-0.39, 0.29) is 17.2 Å². The number of amides is 2. The lowest BCUT2D eigenvalue weighted by Crippen LogP contribution is -2.44. The lowest BCUT2D eigenvalue weighted by atomic mass is 9.77. The quantitative estimate of drug-likeness (QED) is 0.865. The second-order valence-electron chi connectivity index (χ2n) is 5.83. The smallest absolute Gasteiger partial charge is 0.228 e. The summed E-state index contributed by atoms with van der Waals surface area (Å²) in [5.41, 5.74) is 0.911. The van der Waals surface area contributed by atoms with Gasteiger partial charge in [0.2, 0.25) is 11.8 Å². The minimum atomic E-state index is 0.0961. The molecular weight excluding hydrogens is 254 g/mol. The minimum Gasteiger partial charge on any atom is -0.356 e. The number of aromatic nitrogens is 1. The minimum absolute atomic E-state index is 0.0961. The largest absolute Gasteiger partial charge is 0.356 e. The van der Waals surface area contributed by atoms with E-state index in [0.29, 0.717) is 12.8 Å². The molecule has 1 aromatic rings. The predicted molar refractivity (Wildman–Crippen MR) is 73.8 cm³/mol. The zero-order chi connectivity index (χ0) is 14.0. The second kappa shape index (κ2) is 5.23. The number of hydrogen-bond acceptors (Lipinski definition) is 3. The molecule has 1 aromatic heterocycles. The molecule has 0 atom stereocenters. The third-order valence-corrected chi connectivity index (χ3v) is 4.43. The van der Waals surface area contributed by atoms with E-state index in [1.54, 1.807) is 6.20 Å². The summed E-state index contributed by atoms with van der Waals surface area (Å²) in [4.78, 5) is 29.7. The van der Waals surface area contributed by atoms with Crippen LogP contribution in [0, 0.1) is 5.41 Å². The molecule has 0 unspecified atom stereocenters. The number of hydrogen-bond donors (Lipinski definition) is 1.